The van der Waals surface area contributed by atoms with Crippen LogP contribution in [0.1, 0.15) is 42.7 Å². The number of benzene rings is 1. The summed E-state index contributed by atoms with van der Waals surface area (Å²) in [4.78, 5) is 8.76. The Kier molecular flexibility index (Phi) is 4.46. The van der Waals surface area contributed by atoms with Gasteiger partial charge in [0.15, 0.2) is 0 Å². The molecule has 0 fully saturated rings. The van der Waals surface area contributed by atoms with E-state index in [1.165, 1.54) is 11.1 Å². The molecular weight excluding hydrogens is 262 g/mol. The Morgan fingerprint density at radius 3 is 2.95 bits per heavy atom. The number of aryl methyl sites for hydroxylation is 1. The van der Waals surface area contributed by atoms with E-state index in [-0.39, 0.29) is 6.10 Å². The van der Waals surface area contributed by atoms with Crippen molar-refractivity contribution in [3.8, 4) is 5.88 Å². The highest BCUT2D eigenvalue weighted by molar-refractivity contribution is 5.32. The fraction of sp³-hybridized carbons (Fsp3) is 0.412. The molecule has 0 bridgehead atoms. The van der Waals surface area contributed by atoms with Crippen LogP contribution in [0.2, 0.25) is 0 Å². The minimum absolute atomic E-state index is 0.101. The smallest absolute Gasteiger partial charge is 0.232 e. The molecule has 4 nitrogen and oxygen atoms in total. The largest absolute Gasteiger partial charge is 0.468 e. The predicted octanol–water partition coefficient (Wildman–Crippen LogP) is 3.04. The Morgan fingerprint density at radius 1 is 1.24 bits per heavy atom. The van der Waals surface area contributed by atoms with Crippen LogP contribution in [-0.4, -0.2) is 16.5 Å². The SMILES string of the molecule is CCNCc1cnc(OC2CCCc3ccccc32)cn1. The molecule has 1 heterocycles. The van der Waals surface area contributed by atoms with Gasteiger partial charge in [0.2, 0.25) is 5.88 Å². The van der Waals surface area contributed by atoms with Crippen molar-refractivity contribution in [2.75, 3.05) is 6.54 Å². The molecule has 21 heavy (non-hydrogen) atoms. The van der Waals surface area contributed by atoms with E-state index < -0.39 is 0 Å². The number of nitrogens with zero attached hydrogens (tertiary/aromatic N) is 2. The lowest BCUT2D eigenvalue weighted by Gasteiger charge is -2.25. The number of hydrogen-bond acceptors (Lipinski definition) is 4. The summed E-state index contributed by atoms with van der Waals surface area (Å²) in [7, 11) is 0. The number of rotatable bonds is 5. The minimum Gasteiger partial charge on any atom is -0.468 e. The molecule has 1 atom stereocenters. The molecule has 1 N–H and O–H groups in total. The van der Waals surface area contributed by atoms with Crippen LogP contribution in [0, 0.1) is 0 Å². The van der Waals surface area contributed by atoms with E-state index in [4.69, 9.17) is 4.74 Å². The van der Waals surface area contributed by atoms with Crippen molar-refractivity contribution in [1.82, 2.24) is 15.3 Å². The van der Waals surface area contributed by atoms with Crippen molar-refractivity contribution >= 4 is 0 Å². The highest BCUT2D eigenvalue weighted by Gasteiger charge is 2.21. The van der Waals surface area contributed by atoms with Crippen molar-refractivity contribution < 1.29 is 4.74 Å². The van der Waals surface area contributed by atoms with Gasteiger partial charge in [-0.2, -0.15) is 0 Å². The zero-order valence-corrected chi connectivity index (χ0v) is 12.4. The van der Waals surface area contributed by atoms with Crippen LogP contribution in [0.3, 0.4) is 0 Å². The Morgan fingerprint density at radius 2 is 2.14 bits per heavy atom. The molecule has 110 valence electrons. The fourth-order valence-corrected chi connectivity index (χ4v) is 2.73. The molecule has 0 saturated heterocycles. The van der Waals surface area contributed by atoms with Crippen LogP contribution in [0.15, 0.2) is 36.7 Å². The number of hydrogen-bond donors (Lipinski definition) is 1. The van der Waals surface area contributed by atoms with Gasteiger partial charge in [0.25, 0.3) is 0 Å². The second-order valence-electron chi connectivity index (χ2n) is 5.32. The van der Waals surface area contributed by atoms with E-state index in [1.54, 1.807) is 12.4 Å². The Bertz CT molecular complexity index is 583. The molecule has 1 aromatic carbocycles. The number of aromatic nitrogens is 2. The lowest BCUT2D eigenvalue weighted by atomic mass is 9.89. The van der Waals surface area contributed by atoms with Gasteiger partial charge in [-0.25, -0.2) is 4.98 Å². The molecule has 3 rings (SSSR count). The van der Waals surface area contributed by atoms with Crippen molar-refractivity contribution in [1.29, 1.82) is 0 Å². The molecule has 0 radical (unpaired) electrons. The van der Waals surface area contributed by atoms with E-state index in [2.05, 4.69) is 46.5 Å². The van der Waals surface area contributed by atoms with Crippen molar-refractivity contribution in [2.24, 2.45) is 0 Å². The van der Waals surface area contributed by atoms with Crippen LogP contribution in [0.4, 0.5) is 0 Å². The fourth-order valence-electron chi connectivity index (χ4n) is 2.73. The zero-order valence-electron chi connectivity index (χ0n) is 12.4. The maximum Gasteiger partial charge on any atom is 0.232 e. The normalized spacial score (nSPS) is 17.3. The zero-order chi connectivity index (χ0) is 14.5. The van der Waals surface area contributed by atoms with Gasteiger partial charge in [-0.1, -0.05) is 31.2 Å². The van der Waals surface area contributed by atoms with Crippen molar-refractivity contribution in [3.63, 3.8) is 0 Å². The molecule has 1 aromatic heterocycles. The first kappa shape index (κ1) is 14.0. The maximum absolute atomic E-state index is 6.05. The summed E-state index contributed by atoms with van der Waals surface area (Å²) in [5.41, 5.74) is 3.63. The Hall–Kier alpha value is -1.94. The average molecular weight is 283 g/mol. The molecule has 4 heteroatoms. The summed E-state index contributed by atoms with van der Waals surface area (Å²) in [5, 5.41) is 3.24. The average Bonchev–Trinajstić information content (AvgIpc) is 2.55. The van der Waals surface area contributed by atoms with Crippen molar-refractivity contribution in [2.45, 2.75) is 38.8 Å². The second kappa shape index (κ2) is 6.68. The first-order chi connectivity index (χ1) is 10.4. The van der Waals surface area contributed by atoms with Crippen molar-refractivity contribution in [3.05, 3.63) is 53.5 Å². The summed E-state index contributed by atoms with van der Waals surface area (Å²) >= 11 is 0. The van der Waals surface area contributed by atoms with Gasteiger partial charge in [0, 0.05) is 6.54 Å². The van der Waals surface area contributed by atoms with Crippen LogP contribution < -0.4 is 10.1 Å². The van der Waals surface area contributed by atoms with Crippen LogP contribution >= 0.6 is 0 Å². The lowest BCUT2D eigenvalue weighted by molar-refractivity contribution is 0.175. The van der Waals surface area contributed by atoms with E-state index in [0.717, 1.165) is 38.0 Å². The summed E-state index contributed by atoms with van der Waals surface area (Å²) in [6, 6.07) is 8.52. The minimum atomic E-state index is 0.101. The molecule has 1 aliphatic rings. The topological polar surface area (TPSA) is 47.0 Å². The molecule has 1 unspecified atom stereocenters. The number of nitrogens with one attached hydrogen (secondary N) is 1. The Balaban J connectivity index is 1.70. The Labute approximate surface area is 125 Å². The van der Waals surface area contributed by atoms with E-state index >= 15 is 0 Å². The lowest BCUT2D eigenvalue weighted by Crippen LogP contribution is -2.16. The summed E-state index contributed by atoms with van der Waals surface area (Å²) in [6.07, 6.45) is 6.95. The van der Waals surface area contributed by atoms with Crippen LogP contribution in [0.25, 0.3) is 0 Å². The highest BCUT2D eigenvalue weighted by atomic mass is 16.5. The van der Waals surface area contributed by atoms with Crippen LogP contribution in [0.5, 0.6) is 5.88 Å². The van der Waals surface area contributed by atoms with Gasteiger partial charge in [0.05, 0.1) is 18.1 Å². The summed E-state index contributed by atoms with van der Waals surface area (Å²) < 4.78 is 6.05. The second-order valence-corrected chi connectivity index (χ2v) is 5.32. The first-order valence-electron chi connectivity index (χ1n) is 7.63. The third-order valence-electron chi connectivity index (χ3n) is 3.82. The monoisotopic (exact) mass is 283 g/mol. The van der Waals surface area contributed by atoms with Gasteiger partial charge in [0.1, 0.15) is 6.10 Å². The van der Waals surface area contributed by atoms with Gasteiger partial charge in [-0.05, 0) is 36.9 Å². The molecule has 0 saturated carbocycles. The highest BCUT2D eigenvalue weighted by Crippen LogP contribution is 2.32. The number of fused-ring (bicyclic) bond motifs is 1. The quantitative estimate of drug-likeness (QED) is 0.916. The van der Waals surface area contributed by atoms with E-state index in [0.29, 0.717) is 5.88 Å². The molecule has 2 aromatic rings. The third kappa shape index (κ3) is 3.39. The maximum atomic E-state index is 6.05. The molecular formula is C17H21N3O. The molecule has 0 aliphatic heterocycles. The standard InChI is InChI=1S/C17H21N3O/c1-2-18-10-14-11-20-17(12-19-14)21-16-9-5-7-13-6-3-4-8-15(13)16/h3-4,6,8,11-12,16,18H,2,5,7,9-10H2,1H3. The predicted molar refractivity (Wildman–Crippen MR) is 82.2 cm³/mol. The van der Waals surface area contributed by atoms with Gasteiger partial charge in [-0.3, -0.25) is 4.98 Å². The summed E-state index contributed by atoms with van der Waals surface area (Å²) in [5.74, 6) is 0.608. The van der Waals surface area contributed by atoms with Crippen LogP contribution in [-0.2, 0) is 13.0 Å². The molecule has 1 aliphatic carbocycles. The number of ether oxygens (including phenoxy) is 1. The third-order valence-corrected chi connectivity index (χ3v) is 3.82. The van der Waals surface area contributed by atoms with E-state index in [9.17, 15) is 0 Å². The first-order valence-corrected chi connectivity index (χ1v) is 7.63. The summed E-state index contributed by atoms with van der Waals surface area (Å²) in [6.45, 7) is 3.75. The van der Waals surface area contributed by atoms with E-state index in [1.807, 2.05) is 0 Å². The van der Waals surface area contributed by atoms with Gasteiger partial charge >= 0.3 is 0 Å². The van der Waals surface area contributed by atoms with Gasteiger partial charge < -0.3 is 10.1 Å². The van der Waals surface area contributed by atoms with Gasteiger partial charge in [-0.15, -0.1) is 0 Å². The molecule has 0 spiro atoms. The molecule has 0 amide bonds.